The van der Waals surface area contributed by atoms with Gasteiger partial charge in [0.15, 0.2) is 0 Å². The molecule has 1 aliphatic carbocycles. The second-order valence-corrected chi connectivity index (χ2v) is 11.7. The highest BCUT2D eigenvalue weighted by Crippen LogP contribution is 2.33. The first-order valence-corrected chi connectivity index (χ1v) is 15.3. The van der Waals surface area contributed by atoms with E-state index in [9.17, 15) is 9.90 Å². The van der Waals surface area contributed by atoms with Gasteiger partial charge >= 0.3 is 0 Å². The minimum absolute atomic E-state index is 0.105. The van der Waals surface area contributed by atoms with Crippen LogP contribution in [-0.2, 0) is 4.79 Å². The van der Waals surface area contributed by atoms with E-state index in [1.54, 1.807) is 0 Å². The number of allylic oxidation sites excluding steroid dienone is 3. The van der Waals surface area contributed by atoms with Gasteiger partial charge in [-0.2, -0.15) is 0 Å². The summed E-state index contributed by atoms with van der Waals surface area (Å²) >= 11 is 0. The van der Waals surface area contributed by atoms with Crippen molar-refractivity contribution in [3.8, 4) is 5.75 Å². The highest BCUT2D eigenvalue weighted by molar-refractivity contribution is 5.84. The van der Waals surface area contributed by atoms with E-state index in [4.69, 9.17) is 4.74 Å². The van der Waals surface area contributed by atoms with Crippen LogP contribution in [0.25, 0.3) is 5.57 Å². The Labute approximate surface area is 240 Å². The fourth-order valence-corrected chi connectivity index (χ4v) is 5.96. The van der Waals surface area contributed by atoms with E-state index >= 15 is 0 Å². The predicted molar refractivity (Wildman–Crippen MR) is 164 cm³/mol. The van der Waals surface area contributed by atoms with Gasteiger partial charge in [-0.3, -0.25) is 4.79 Å². The molecule has 2 aliphatic heterocycles. The maximum atomic E-state index is 13.1. The van der Waals surface area contributed by atoms with Crippen molar-refractivity contribution in [1.82, 2.24) is 9.80 Å². The Balaban J connectivity index is 1.20. The highest BCUT2D eigenvalue weighted by Gasteiger charge is 2.29. The summed E-state index contributed by atoms with van der Waals surface area (Å²) in [6.07, 6.45) is 12.8. The molecule has 2 heterocycles. The third kappa shape index (κ3) is 8.29. The fourth-order valence-electron chi connectivity index (χ4n) is 5.96. The van der Waals surface area contributed by atoms with Gasteiger partial charge in [-0.1, -0.05) is 30.7 Å². The molecule has 0 spiro atoms. The third-order valence-corrected chi connectivity index (χ3v) is 8.93. The second-order valence-electron chi connectivity index (χ2n) is 11.7. The SMILES string of the molecule is C=N/C(=N\C=C(/C)CC)N1CCC(COc2ccc(C3=CCC(C(=O)N4CCC(CCO)CC4)CC3)cc2)CC1. The Kier molecular flexibility index (Phi) is 11.4. The molecule has 1 unspecified atom stereocenters. The van der Waals surface area contributed by atoms with Gasteiger partial charge in [-0.05, 0) is 107 Å². The summed E-state index contributed by atoms with van der Waals surface area (Å²) in [6.45, 7) is 12.4. The van der Waals surface area contributed by atoms with Gasteiger partial charge in [-0.25, -0.2) is 9.98 Å². The number of aliphatic hydroxyl groups is 1. The Morgan fingerprint density at radius 3 is 2.33 bits per heavy atom. The van der Waals surface area contributed by atoms with E-state index < -0.39 is 0 Å². The van der Waals surface area contributed by atoms with E-state index in [1.165, 1.54) is 16.7 Å². The lowest BCUT2D eigenvalue weighted by Gasteiger charge is -2.35. The molecule has 0 aromatic heterocycles. The molecule has 218 valence electrons. The lowest BCUT2D eigenvalue weighted by atomic mass is 9.85. The van der Waals surface area contributed by atoms with Gasteiger partial charge in [0.05, 0.1) is 6.61 Å². The summed E-state index contributed by atoms with van der Waals surface area (Å²) in [5.41, 5.74) is 3.80. The van der Waals surface area contributed by atoms with E-state index in [0.717, 1.165) is 96.3 Å². The monoisotopic (exact) mass is 548 g/mol. The van der Waals surface area contributed by atoms with Crippen LogP contribution < -0.4 is 4.74 Å². The number of hydrogen-bond donors (Lipinski definition) is 1. The smallest absolute Gasteiger partial charge is 0.226 e. The normalized spacial score (nSPS) is 21.8. The minimum Gasteiger partial charge on any atom is -0.493 e. The number of rotatable bonds is 9. The summed E-state index contributed by atoms with van der Waals surface area (Å²) in [5, 5.41) is 9.17. The molecule has 4 rings (SSSR count). The van der Waals surface area contributed by atoms with Gasteiger partial charge in [-0.15, -0.1) is 0 Å². The molecule has 2 fully saturated rings. The van der Waals surface area contributed by atoms with Crippen molar-refractivity contribution in [3.63, 3.8) is 0 Å². The first-order valence-electron chi connectivity index (χ1n) is 15.3. The number of nitrogens with zero attached hydrogens (tertiary/aromatic N) is 4. The van der Waals surface area contributed by atoms with Crippen LogP contribution >= 0.6 is 0 Å². The molecule has 0 radical (unpaired) electrons. The van der Waals surface area contributed by atoms with Crippen molar-refractivity contribution in [1.29, 1.82) is 0 Å². The molecule has 40 heavy (non-hydrogen) atoms. The average molecular weight is 549 g/mol. The predicted octanol–water partition coefficient (Wildman–Crippen LogP) is 5.95. The zero-order valence-corrected chi connectivity index (χ0v) is 24.6. The van der Waals surface area contributed by atoms with Crippen LogP contribution in [0, 0.1) is 17.8 Å². The maximum absolute atomic E-state index is 13.1. The largest absolute Gasteiger partial charge is 0.493 e. The highest BCUT2D eigenvalue weighted by atomic mass is 16.5. The molecular weight excluding hydrogens is 500 g/mol. The summed E-state index contributed by atoms with van der Waals surface area (Å²) in [7, 11) is 0. The minimum atomic E-state index is 0.105. The summed E-state index contributed by atoms with van der Waals surface area (Å²) in [5.74, 6) is 3.14. The Hall–Kier alpha value is -2.93. The Bertz CT molecular complexity index is 1060. The number of aliphatic imine (C=N–C) groups is 2. The average Bonchev–Trinajstić information content (AvgIpc) is 3.01. The zero-order chi connectivity index (χ0) is 28.3. The van der Waals surface area contributed by atoms with Crippen LogP contribution in [0.3, 0.4) is 0 Å². The van der Waals surface area contributed by atoms with Crippen molar-refractivity contribution in [2.75, 3.05) is 39.4 Å². The fraction of sp³-hybridized carbons (Fsp3) is 0.606. The molecular formula is C33H48N4O3. The quantitative estimate of drug-likeness (QED) is 0.305. The Morgan fingerprint density at radius 2 is 1.73 bits per heavy atom. The van der Waals surface area contributed by atoms with Crippen LogP contribution in [0.5, 0.6) is 5.75 Å². The van der Waals surface area contributed by atoms with Crippen LogP contribution in [0.15, 0.2) is 52.1 Å². The van der Waals surface area contributed by atoms with E-state index in [1.807, 2.05) is 6.20 Å². The summed E-state index contributed by atoms with van der Waals surface area (Å²) < 4.78 is 6.16. The number of piperidine rings is 2. The number of hydrogen-bond acceptors (Lipinski definition) is 4. The van der Waals surface area contributed by atoms with Gasteiger partial charge in [0.1, 0.15) is 5.75 Å². The van der Waals surface area contributed by atoms with E-state index in [0.29, 0.717) is 23.7 Å². The Morgan fingerprint density at radius 1 is 1.05 bits per heavy atom. The van der Waals surface area contributed by atoms with E-state index in [2.05, 4.69) is 70.7 Å². The number of ether oxygens (including phenoxy) is 1. The second kappa shape index (κ2) is 15.2. The van der Waals surface area contributed by atoms with Gasteiger partial charge < -0.3 is 19.6 Å². The van der Waals surface area contributed by atoms with Crippen molar-refractivity contribution < 1.29 is 14.6 Å². The molecule has 1 N–H and O–H groups in total. The molecule has 1 aromatic rings. The van der Waals surface area contributed by atoms with Gasteiger partial charge in [0.25, 0.3) is 0 Å². The number of carbonyl (C=O) groups excluding carboxylic acids is 1. The lowest BCUT2D eigenvalue weighted by molar-refractivity contribution is -0.137. The topological polar surface area (TPSA) is 77.7 Å². The van der Waals surface area contributed by atoms with Gasteiger partial charge in [0, 0.05) is 44.9 Å². The molecule has 0 bridgehead atoms. The van der Waals surface area contributed by atoms with Crippen molar-refractivity contribution >= 4 is 24.2 Å². The van der Waals surface area contributed by atoms with Gasteiger partial charge in [0.2, 0.25) is 11.9 Å². The zero-order valence-electron chi connectivity index (χ0n) is 24.6. The number of likely N-dealkylation sites (tertiary alicyclic amines) is 2. The molecule has 1 atom stereocenters. The lowest BCUT2D eigenvalue weighted by Crippen LogP contribution is -2.42. The molecule has 3 aliphatic rings. The van der Waals surface area contributed by atoms with E-state index in [-0.39, 0.29) is 12.5 Å². The molecule has 1 aromatic carbocycles. The van der Waals surface area contributed by atoms with Crippen molar-refractivity contribution in [3.05, 3.63) is 47.7 Å². The number of amides is 1. The summed E-state index contributed by atoms with van der Waals surface area (Å²) in [6, 6.07) is 8.46. The molecule has 0 saturated carbocycles. The van der Waals surface area contributed by atoms with Crippen LogP contribution in [0.1, 0.15) is 77.2 Å². The molecule has 2 saturated heterocycles. The maximum Gasteiger partial charge on any atom is 0.226 e. The van der Waals surface area contributed by atoms with Crippen LogP contribution in [-0.4, -0.2) is 72.9 Å². The van der Waals surface area contributed by atoms with Crippen LogP contribution in [0.4, 0.5) is 0 Å². The van der Waals surface area contributed by atoms with Crippen molar-refractivity contribution in [2.24, 2.45) is 27.7 Å². The number of carbonyl (C=O) groups is 1. The van der Waals surface area contributed by atoms with Crippen molar-refractivity contribution in [2.45, 2.75) is 71.6 Å². The van der Waals surface area contributed by atoms with Crippen LogP contribution in [0.2, 0.25) is 0 Å². The number of benzene rings is 1. The molecule has 1 amide bonds. The molecule has 7 heteroatoms. The number of aliphatic hydroxyl groups excluding tert-OH is 1. The summed E-state index contributed by atoms with van der Waals surface area (Å²) in [4.78, 5) is 26.0. The third-order valence-electron chi connectivity index (χ3n) is 8.93. The molecule has 7 nitrogen and oxygen atoms in total. The number of guanidine groups is 1. The standard InChI is InChI=1S/C33H48N4O3/c1-4-25(2)23-35-33(34-3)37-20-15-27(16-21-37)24-40-31-11-9-29(10-12-31)28-5-7-30(8-6-28)32(39)36-18-13-26(14-19-36)17-22-38/h5,9-12,23,26-27,30,38H,3-4,6-8,13-22,24H2,1-2H3/b25-23+,35-33+. The first-order chi connectivity index (χ1) is 19.5. The first kappa shape index (κ1) is 30.0.